The van der Waals surface area contributed by atoms with Crippen molar-refractivity contribution in [3.05, 3.63) is 40.8 Å². The fourth-order valence-electron chi connectivity index (χ4n) is 2.12. The van der Waals surface area contributed by atoms with Crippen molar-refractivity contribution in [3.63, 3.8) is 0 Å². The molecule has 2 heterocycles. The molecule has 8 nitrogen and oxygen atoms in total. The molecule has 28 heavy (non-hydrogen) atoms. The predicted octanol–water partition coefficient (Wildman–Crippen LogP) is 2.43. The van der Waals surface area contributed by atoms with Gasteiger partial charge in [-0.2, -0.15) is 23.2 Å². The molecule has 0 unspecified atom stereocenters. The SMILES string of the molecule is C[C@@H](NS(=O)(=O)c1cn(C)c(C(=O)Nc2cc(C#N)ccn2)c1Cl)C(F)(F)F. The molecule has 0 aliphatic heterocycles. The maximum atomic E-state index is 12.7. The number of anilines is 1. The molecule has 2 rings (SSSR count). The summed E-state index contributed by atoms with van der Waals surface area (Å²) >= 11 is 5.98. The maximum Gasteiger partial charge on any atom is 0.404 e. The fourth-order valence-corrected chi connectivity index (χ4v) is 4.05. The number of nitriles is 1. The van der Waals surface area contributed by atoms with Crippen molar-refractivity contribution in [1.82, 2.24) is 14.3 Å². The molecule has 0 aromatic carbocycles. The lowest BCUT2D eigenvalue weighted by Gasteiger charge is -2.16. The van der Waals surface area contributed by atoms with Crippen LogP contribution in [0.1, 0.15) is 23.0 Å². The van der Waals surface area contributed by atoms with Crippen molar-refractivity contribution in [2.45, 2.75) is 24.0 Å². The van der Waals surface area contributed by atoms with Crippen LogP contribution in [-0.4, -0.2) is 36.1 Å². The van der Waals surface area contributed by atoms with Gasteiger partial charge in [0.25, 0.3) is 5.91 Å². The van der Waals surface area contributed by atoms with Crippen molar-refractivity contribution >= 4 is 33.3 Å². The third-order valence-electron chi connectivity index (χ3n) is 3.55. The molecule has 2 aromatic heterocycles. The normalized spacial score (nSPS) is 13.0. The monoisotopic (exact) mass is 435 g/mol. The minimum atomic E-state index is -4.80. The highest BCUT2D eigenvalue weighted by Gasteiger charge is 2.40. The Hall–Kier alpha value is -2.62. The number of alkyl halides is 3. The van der Waals surface area contributed by atoms with E-state index in [1.165, 1.54) is 30.1 Å². The second-order valence-corrected chi connectivity index (χ2v) is 7.71. The highest BCUT2D eigenvalue weighted by Crippen LogP contribution is 2.29. The number of pyridine rings is 1. The molecule has 0 aliphatic carbocycles. The van der Waals surface area contributed by atoms with Crippen LogP contribution in [0.15, 0.2) is 29.4 Å². The highest BCUT2D eigenvalue weighted by atomic mass is 35.5. The van der Waals surface area contributed by atoms with E-state index < -0.39 is 38.1 Å². The smallest absolute Gasteiger partial charge is 0.344 e. The molecule has 1 atom stereocenters. The van der Waals surface area contributed by atoms with E-state index >= 15 is 0 Å². The molecular formula is C15H13ClF3N5O3S. The van der Waals surface area contributed by atoms with Crippen LogP contribution in [0, 0.1) is 11.3 Å². The van der Waals surface area contributed by atoms with Crippen LogP contribution < -0.4 is 10.0 Å². The molecule has 0 fully saturated rings. The van der Waals surface area contributed by atoms with E-state index in [2.05, 4.69) is 10.3 Å². The Bertz CT molecular complexity index is 1060. The van der Waals surface area contributed by atoms with Crippen LogP contribution in [0.5, 0.6) is 0 Å². The van der Waals surface area contributed by atoms with Gasteiger partial charge in [0.15, 0.2) is 0 Å². The van der Waals surface area contributed by atoms with E-state index in [0.29, 0.717) is 6.92 Å². The van der Waals surface area contributed by atoms with Gasteiger partial charge in [0.1, 0.15) is 22.4 Å². The Labute approximate surface area is 163 Å². The first-order chi connectivity index (χ1) is 12.9. The van der Waals surface area contributed by atoms with E-state index in [4.69, 9.17) is 16.9 Å². The summed E-state index contributed by atoms with van der Waals surface area (Å²) in [7, 11) is -3.36. The van der Waals surface area contributed by atoms with Gasteiger partial charge in [-0.1, -0.05) is 11.6 Å². The molecule has 1 amide bonds. The fraction of sp³-hybridized carbons (Fsp3) is 0.267. The molecule has 2 N–H and O–H groups in total. The third-order valence-corrected chi connectivity index (χ3v) is 5.59. The largest absolute Gasteiger partial charge is 0.404 e. The average molecular weight is 436 g/mol. The number of rotatable bonds is 5. The molecular weight excluding hydrogens is 423 g/mol. The van der Waals surface area contributed by atoms with E-state index in [9.17, 15) is 26.4 Å². The topological polar surface area (TPSA) is 117 Å². The summed E-state index contributed by atoms with van der Waals surface area (Å²) in [5.74, 6) is -0.852. The van der Waals surface area contributed by atoms with Gasteiger partial charge in [-0.3, -0.25) is 4.79 Å². The highest BCUT2D eigenvalue weighted by molar-refractivity contribution is 7.89. The maximum absolute atomic E-state index is 12.7. The minimum absolute atomic E-state index is 0.00884. The van der Waals surface area contributed by atoms with Crippen LogP contribution in [0.4, 0.5) is 19.0 Å². The second kappa shape index (κ2) is 7.78. The van der Waals surface area contributed by atoms with Crippen molar-refractivity contribution in [2.75, 3.05) is 5.32 Å². The first-order valence-electron chi connectivity index (χ1n) is 7.48. The quantitative estimate of drug-likeness (QED) is 0.748. The van der Waals surface area contributed by atoms with Gasteiger partial charge in [0, 0.05) is 19.4 Å². The Morgan fingerprint density at radius 2 is 2.07 bits per heavy atom. The first kappa shape index (κ1) is 21.7. The number of nitrogens with zero attached hydrogens (tertiary/aromatic N) is 3. The summed E-state index contributed by atoms with van der Waals surface area (Å²) in [6.45, 7) is 0.635. The van der Waals surface area contributed by atoms with Crippen LogP contribution >= 0.6 is 11.6 Å². The second-order valence-electron chi connectivity index (χ2n) is 5.65. The number of halogens is 4. The number of carbonyl (C=O) groups is 1. The van der Waals surface area contributed by atoms with Gasteiger partial charge < -0.3 is 9.88 Å². The summed E-state index contributed by atoms with van der Waals surface area (Å²) in [5, 5.41) is 10.6. The summed E-state index contributed by atoms with van der Waals surface area (Å²) in [6.07, 6.45) is -2.60. The Morgan fingerprint density at radius 3 is 2.64 bits per heavy atom. The molecule has 0 bridgehead atoms. The van der Waals surface area contributed by atoms with Gasteiger partial charge >= 0.3 is 6.18 Å². The molecule has 0 spiro atoms. The molecule has 2 aromatic rings. The first-order valence-corrected chi connectivity index (χ1v) is 9.34. The Kier molecular flexibility index (Phi) is 6.03. The van der Waals surface area contributed by atoms with Gasteiger partial charge in [-0.05, 0) is 19.1 Å². The standard InChI is InChI=1S/C15H13ClF3N5O3S/c1-8(15(17,18)19)23-28(26,27)10-7-24(2)13(12(10)16)14(25)22-11-5-9(6-20)3-4-21-11/h3-5,7-8,23H,1-2H3,(H,21,22,25)/t8-/m1/s1. The number of aromatic nitrogens is 2. The molecule has 0 saturated carbocycles. The zero-order valence-corrected chi connectivity index (χ0v) is 15.9. The minimum Gasteiger partial charge on any atom is -0.344 e. The predicted molar refractivity (Wildman–Crippen MR) is 93.2 cm³/mol. The van der Waals surface area contributed by atoms with Crippen LogP contribution in [0.2, 0.25) is 5.02 Å². The van der Waals surface area contributed by atoms with Crippen LogP contribution in [0.3, 0.4) is 0 Å². The summed E-state index contributed by atoms with van der Waals surface area (Å²) in [4.78, 5) is 15.6. The van der Waals surface area contributed by atoms with Crippen molar-refractivity contribution in [1.29, 1.82) is 5.26 Å². The molecule has 13 heteroatoms. The molecule has 0 aliphatic rings. The number of carbonyl (C=O) groups excluding carboxylic acids is 1. The number of nitrogens with one attached hydrogen (secondary N) is 2. The average Bonchev–Trinajstić information content (AvgIpc) is 2.89. The molecule has 0 saturated heterocycles. The summed E-state index contributed by atoms with van der Waals surface area (Å²) in [6, 6.07) is 2.18. The Morgan fingerprint density at radius 1 is 1.43 bits per heavy atom. The number of aryl methyl sites for hydroxylation is 1. The van der Waals surface area contributed by atoms with Gasteiger partial charge in [0.2, 0.25) is 10.0 Å². The van der Waals surface area contributed by atoms with E-state index in [-0.39, 0.29) is 17.1 Å². The number of hydrogen-bond donors (Lipinski definition) is 2. The van der Waals surface area contributed by atoms with Gasteiger partial charge in [-0.15, -0.1) is 0 Å². The summed E-state index contributed by atoms with van der Waals surface area (Å²) in [5.41, 5.74) is -0.0947. The lowest BCUT2D eigenvalue weighted by Crippen LogP contribution is -2.42. The van der Waals surface area contributed by atoms with Crippen LogP contribution in [0.25, 0.3) is 0 Å². The van der Waals surface area contributed by atoms with E-state index in [0.717, 1.165) is 10.8 Å². The third kappa shape index (κ3) is 4.61. The van der Waals surface area contributed by atoms with E-state index in [1.54, 1.807) is 0 Å². The Balaban J connectivity index is 2.35. The number of hydrogen-bond acceptors (Lipinski definition) is 5. The number of sulfonamides is 1. The van der Waals surface area contributed by atoms with Crippen molar-refractivity contribution in [2.24, 2.45) is 7.05 Å². The summed E-state index contributed by atoms with van der Waals surface area (Å²) < 4.78 is 65.0. The molecule has 0 radical (unpaired) electrons. The zero-order valence-electron chi connectivity index (χ0n) is 14.4. The lowest BCUT2D eigenvalue weighted by molar-refractivity contribution is -0.147. The number of amides is 1. The van der Waals surface area contributed by atoms with Crippen molar-refractivity contribution < 1.29 is 26.4 Å². The van der Waals surface area contributed by atoms with Crippen LogP contribution in [-0.2, 0) is 17.1 Å². The van der Waals surface area contributed by atoms with E-state index in [1.807, 2.05) is 6.07 Å². The zero-order chi connectivity index (χ0) is 21.3. The van der Waals surface area contributed by atoms with Crippen molar-refractivity contribution in [3.8, 4) is 6.07 Å². The molecule has 150 valence electrons. The van der Waals surface area contributed by atoms with Gasteiger partial charge in [0.05, 0.1) is 16.7 Å². The van der Waals surface area contributed by atoms with Gasteiger partial charge in [-0.25, -0.2) is 13.4 Å². The lowest BCUT2D eigenvalue weighted by atomic mass is 10.3.